The average Bonchev–Trinajstić information content (AvgIpc) is 2.73. The molecule has 0 saturated carbocycles. The second-order valence-corrected chi connectivity index (χ2v) is 9.00. The molecule has 0 aromatic heterocycles. The first-order valence-corrected chi connectivity index (χ1v) is 10.9. The van der Waals surface area contributed by atoms with E-state index in [1.165, 1.54) is 22.5 Å². The Kier molecular flexibility index (Phi) is 6.37. The van der Waals surface area contributed by atoms with Gasteiger partial charge in [0.2, 0.25) is 10.0 Å². The van der Waals surface area contributed by atoms with Crippen LogP contribution in [0.15, 0.2) is 53.4 Å². The summed E-state index contributed by atoms with van der Waals surface area (Å²) >= 11 is 0. The number of nitrogens with zero attached hydrogens (tertiary/aromatic N) is 3. The predicted octanol–water partition coefficient (Wildman–Crippen LogP) is 2.20. The number of rotatable bonds is 6. The standard InChI is InChI=1S/C20H23N3O6S/c1-15-5-3-7-18(13-15)29-16(2)20(24)21-9-11-22(12-10-21)30(27,28)19-8-4-6-17(14-19)23(25)26/h3-8,13-14,16H,9-12H2,1-2H3. The van der Waals surface area contributed by atoms with Gasteiger partial charge in [0.1, 0.15) is 5.75 Å². The Morgan fingerprint density at radius 2 is 1.77 bits per heavy atom. The highest BCUT2D eigenvalue weighted by Crippen LogP contribution is 2.22. The molecule has 1 aliphatic heterocycles. The molecule has 3 rings (SSSR count). The van der Waals surface area contributed by atoms with Crippen LogP contribution >= 0.6 is 0 Å². The third kappa shape index (κ3) is 4.77. The number of hydrogen-bond donors (Lipinski definition) is 0. The van der Waals surface area contributed by atoms with Gasteiger partial charge in [-0.3, -0.25) is 14.9 Å². The van der Waals surface area contributed by atoms with Crippen molar-refractivity contribution in [1.29, 1.82) is 0 Å². The predicted molar refractivity (Wildman–Crippen MR) is 110 cm³/mol. The minimum Gasteiger partial charge on any atom is -0.481 e. The van der Waals surface area contributed by atoms with Gasteiger partial charge in [0.05, 0.1) is 9.82 Å². The van der Waals surface area contributed by atoms with Gasteiger partial charge in [-0.1, -0.05) is 18.2 Å². The second-order valence-electron chi connectivity index (χ2n) is 7.06. The number of ether oxygens (including phenoxy) is 1. The van der Waals surface area contributed by atoms with Crippen molar-refractivity contribution in [2.75, 3.05) is 26.2 Å². The van der Waals surface area contributed by atoms with Crippen molar-refractivity contribution in [3.63, 3.8) is 0 Å². The van der Waals surface area contributed by atoms with Gasteiger partial charge in [0, 0.05) is 38.3 Å². The molecule has 10 heteroatoms. The van der Waals surface area contributed by atoms with Crippen molar-refractivity contribution in [3.8, 4) is 5.75 Å². The maximum atomic E-state index is 12.8. The van der Waals surface area contributed by atoms with Crippen LogP contribution in [0.25, 0.3) is 0 Å². The third-order valence-electron chi connectivity index (χ3n) is 4.87. The number of piperazine rings is 1. The van der Waals surface area contributed by atoms with Gasteiger partial charge in [0.25, 0.3) is 11.6 Å². The van der Waals surface area contributed by atoms with Crippen molar-refractivity contribution in [2.24, 2.45) is 0 Å². The summed E-state index contributed by atoms with van der Waals surface area (Å²) in [6, 6.07) is 12.4. The number of sulfonamides is 1. The van der Waals surface area contributed by atoms with Gasteiger partial charge in [-0.05, 0) is 37.6 Å². The first-order chi connectivity index (χ1) is 14.2. The summed E-state index contributed by atoms with van der Waals surface area (Å²) in [5.74, 6) is 0.381. The number of hydrogen-bond acceptors (Lipinski definition) is 6. The van der Waals surface area contributed by atoms with E-state index in [1.807, 2.05) is 25.1 Å². The van der Waals surface area contributed by atoms with Crippen LogP contribution in [0.2, 0.25) is 0 Å². The summed E-state index contributed by atoms with van der Waals surface area (Å²) in [7, 11) is -3.88. The molecule has 1 saturated heterocycles. The van der Waals surface area contributed by atoms with Gasteiger partial charge in [-0.25, -0.2) is 8.42 Å². The molecule has 0 aliphatic carbocycles. The van der Waals surface area contributed by atoms with Crippen molar-refractivity contribution in [1.82, 2.24) is 9.21 Å². The molecular weight excluding hydrogens is 410 g/mol. The summed E-state index contributed by atoms with van der Waals surface area (Å²) in [4.78, 5) is 24.4. The Morgan fingerprint density at radius 1 is 1.10 bits per heavy atom. The lowest BCUT2D eigenvalue weighted by atomic mass is 10.2. The van der Waals surface area contributed by atoms with Gasteiger partial charge < -0.3 is 9.64 Å². The zero-order chi connectivity index (χ0) is 21.9. The Hall–Kier alpha value is -2.98. The van der Waals surface area contributed by atoms with Gasteiger partial charge >= 0.3 is 0 Å². The maximum absolute atomic E-state index is 12.8. The van der Waals surface area contributed by atoms with Gasteiger partial charge in [0.15, 0.2) is 6.10 Å². The second kappa shape index (κ2) is 8.80. The van der Waals surface area contributed by atoms with E-state index in [2.05, 4.69) is 0 Å². The van der Waals surface area contributed by atoms with Crippen LogP contribution in [0.5, 0.6) is 5.75 Å². The van der Waals surface area contributed by atoms with Crippen LogP contribution in [0.1, 0.15) is 12.5 Å². The molecule has 0 bridgehead atoms. The lowest BCUT2D eigenvalue weighted by Gasteiger charge is -2.35. The summed E-state index contributed by atoms with van der Waals surface area (Å²) in [6.07, 6.45) is -0.702. The number of carbonyl (C=O) groups is 1. The van der Waals surface area contributed by atoms with Crippen LogP contribution in [-0.2, 0) is 14.8 Å². The van der Waals surface area contributed by atoms with Gasteiger partial charge in [-0.2, -0.15) is 4.31 Å². The molecule has 1 heterocycles. The van der Waals surface area contributed by atoms with E-state index in [0.717, 1.165) is 11.6 Å². The first-order valence-electron chi connectivity index (χ1n) is 9.45. The molecule has 30 heavy (non-hydrogen) atoms. The quantitative estimate of drug-likeness (QED) is 0.510. The highest BCUT2D eigenvalue weighted by Gasteiger charge is 2.32. The Balaban J connectivity index is 1.63. The highest BCUT2D eigenvalue weighted by atomic mass is 32.2. The number of carbonyl (C=O) groups excluding carboxylic acids is 1. The fourth-order valence-corrected chi connectivity index (χ4v) is 4.72. The zero-order valence-electron chi connectivity index (χ0n) is 16.7. The number of amides is 1. The normalized spacial score (nSPS) is 16.1. The van der Waals surface area contributed by atoms with Crippen molar-refractivity contribution < 1.29 is 22.9 Å². The van der Waals surface area contributed by atoms with Crippen LogP contribution in [0, 0.1) is 17.0 Å². The third-order valence-corrected chi connectivity index (χ3v) is 6.76. The minimum atomic E-state index is -3.88. The Labute approximate surface area is 175 Å². The number of nitro benzene ring substituents is 1. The fourth-order valence-electron chi connectivity index (χ4n) is 3.26. The van der Waals surface area contributed by atoms with Crippen molar-refractivity contribution in [3.05, 3.63) is 64.2 Å². The number of benzene rings is 2. The first kappa shape index (κ1) is 21.7. The molecule has 1 amide bonds. The van der Waals surface area contributed by atoms with E-state index in [-0.39, 0.29) is 42.7 Å². The van der Waals surface area contributed by atoms with Gasteiger partial charge in [-0.15, -0.1) is 0 Å². The van der Waals surface area contributed by atoms with E-state index >= 15 is 0 Å². The van der Waals surface area contributed by atoms with Crippen LogP contribution in [0.3, 0.4) is 0 Å². The SMILES string of the molecule is Cc1cccc(OC(C)C(=O)N2CCN(S(=O)(=O)c3cccc([N+](=O)[O-])c3)CC2)c1. The zero-order valence-corrected chi connectivity index (χ0v) is 17.5. The lowest BCUT2D eigenvalue weighted by molar-refractivity contribution is -0.385. The Morgan fingerprint density at radius 3 is 2.40 bits per heavy atom. The molecule has 0 spiro atoms. The molecule has 1 fully saturated rings. The molecule has 0 N–H and O–H groups in total. The topological polar surface area (TPSA) is 110 Å². The largest absolute Gasteiger partial charge is 0.481 e. The molecule has 0 radical (unpaired) electrons. The monoisotopic (exact) mass is 433 g/mol. The molecule has 160 valence electrons. The molecule has 1 aliphatic rings. The van der Waals surface area contributed by atoms with E-state index in [1.54, 1.807) is 17.9 Å². The van der Waals surface area contributed by atoms with E-state index in [0.29, 0.717) is 5.75 Å². The molecular formula is C20H23N3O6S. The van der Waals surface area contributed by atoms with Crippen molar-refractivity contribution >= 4 is 21.6 Å². The van der Waals surface area contributed by atoms with Crippen LogP contribution < -0.4 is 4.74 Å². The van der Waals surface area contributed by atoms with Crippen LogP contribution in [0.4, 0.5) is 5.69 Å². The molecule has 1 unspecified atom stereocenters. The average molecular weight is 433 g/mol. The summed E-state index contributed by atoms with van der Waals surface area (Å²) in [6.45, 7) is 4.24. The summed E-state index contributed by atoms with van der Waals surface area (Å²) in [5, 5.41) is 10.9. The fraction of sp³-hybridized carbons (Fsp3) is 0.350. The lowest BCUT2D eigenvalue weighted by Crippen LogP contribution is -2.53. The molecule has 1 atom stereocenters. The summed E-state index contributed by atoms with van der Waals surface area (Å²) < 4.78 is 32.6. The number of aryl methyl sites for hydroxylation is 1. The van der Waals surface area contributed by atoms with E-state index in [9.17, 15) is 23.3 Å². The molecule has 2 aromatic carbocycles. The molecule has 9 nitrogen and oxygen atoms in total. The Bertz CT molecular complexity index is 1050. The van der Waals surface area contributed by atoms with E-state index < -0.39 is 21.1 Å². The summed E-state index contributed by atoms with van der Waals surface area (Å²) in [5.41, 5.74) is 0.735. The van der Waals surface area contributed by atoms with Crippen LogP contribution in [-0.4, -0.2) is 60.7 Å². The number of non-ortho nitro benzene ring substituents is 1. The maximum Gasteiger partial charge on any atom is 0.270 e. The minimum absolute atomic E-state index is 0.105. The van der Waals surface area contributed by atoms with E-state index in [4.69, 9.17) is 4.74 Å². The molecule has 2 aromatic rings. The highest BCUT2D eigenvalue weighted by molar-refractivity contribution is 7.89. The number of nitro groups is 1. The van der Waals surface area contributed by atoms with Crippen molar-refractivity contribution in [2.45, 2.75) is 24.8 Å². The smallest absolute Gasteiger partial charge is 0.270 e.